The minimum atomic E-state index is -1.21. The highest BCUT2D eigenvalue weighted by Crippen LogP contribution is 2.58. The van der Waals surface area contributed by atoms with Crippen molar-refractivity contribution in [2.45, 2.75) is 62.3 Å². The minimum absolute atomic E-state index is 0.260. The van der Waals surface area contributed by atoms with Gasteiger partial charge in [-0.1, -0.05) is 53.7 Å². The molecule has 0 aromatic heterocycles. The summed E-state index contributed by atoms with van der Waals surface area (Å²) in [6.45, 7) is 17.2. The van der Waals surface area contributed by atoms with Crippen molar-refractivity contribution in [1.82, 2.24) is 0 Å². The van der Waals surface area contributed by atoms with Crippen molar-refractivity contribution in [3.05, 3.63) is 34.4 Å². The first-order valence-corrected chi connectivity index (χ1v) is 8.89. The average Bonchev–Trinajstić information content (AvgIpc) is 2.51. The molecule has 1 aromatic carbocycles. The maximum Gasteiger partial charge on any atom is 0.181 e. The van der Waals surface area contributed by atoms with Crippen LogP contribution < -0.4 is 0 Å². The van der Waals surface area contributed by atoms with E-state index in [2.05, 4.69) is 0 Å². The SMILES string of the molecule is Cc1ccc(C(=O)C2C(=O)C(C)(C)C(C)(C)C(C)(C)C2=O)c(C)c1C. The largest absolute Gasteiger partial charge is 0.298 e. The second-order valence-electron chi connectivity index (χ2n) is 9.08. The van der Waals surface area contributed by atoms with Gasteiger partial charge in [0.25, 0.3) is 0 Å². The summed E-state index contributed by atoms with van der Waals surface area (Å²) in [5, 5.41) is 0. The number of rotatable bonds is 2. The van der Waals surface area contributed by atoms with Gasteiger partial charge in [-0.15, -0.1) is 0 Å². The summed E-state index contributed by atoms with van der Waals surface area (Å²) >= 11 is 0. The monoisotopic (exact) mass is 342 g/mol. The van der Waals surface area contributed by atoms with Gasteiger partial charge in [0.2, 0.25) is 0 Å². The molecule has 3 heteroatoms. The van der Waals surface area contributed by atoms with Crippen LogP contribution in [-0.2, 0) is 9.59 Å². The summed E-state index contributed by atoms with van der Waals surface area (Å²) in [5.41, 5.74) is 1.39. The van der Waals surface area contributed by atoms with Crippen molar-refractivity contribution < 1.29 is 14.4 Å². The van der Waals surface area contributed by atoms with Gasteiger partial charge in [0.1, 0.15) is 5.92 Å². The quantitative estimate of drug-likeness (QED) is 0.581. The van der Waals surface area contributed by atoms with E-state index in [1.54, 1.807) is 6.07 Å². The van der Waals surface area contributed by atoms with Crippen LogP contribution in [0.15, 0.2) is 12.1 Å². The number of carbonyl (C=O) groups is 3. The first-order valence-electron chi connectivity index (χ1n) is 8.89. The fourth-order valence-corrected chi connectivity index (χ4v) is 3.85. The smallest absolute Gasteiger partial charge is 0.181 e. The molecule has 0 amide bonds. The fourth-order valence-electron chi connectivity index (χ4n) is 3.85. The zero-order valence-corrected chi connectivity index (χ0v) is 17.0. The van der Waals surface area contributed by atoms with E-state index in [1.807, 2.05) is 68.4 Å². The second kappa shape index (κ2) is 5.62. The van der Waals surface area contributed by atoms with Gasteiger partial charge in [-0.25, -0.2) is 0 Å². The highest BCUT2D eigenvalue weighted by Gasteiger charge is 2.64. The molecular weight excluding hydrogens is 312 g/mol. The lowest BCUT2D eigenvalue weighted by molar-refractivity contribution is -0.165. The molecule has 0 bridgehead atoms. The lowest BCUT2D eigenvalue weighted by Crippen LogP contribution is -2.63. The van der Waals surface area contributed by atoms with Gasteiger partial charge in [-0.3, -0.25) is 14.4 Å². The molecular formula is C22H30O3. The van der Waals surface area contributed by atoms with E-state index in [0.717, 1.165) is 16.7 Å². The zero-order chi connectivity index (χ0) is 19.5. The van der Waals surface area contributed by atoms with E-state index in [4.69, 9.17) is 0 Å². The highest BCUT2D eigenvalue weighted by molar-refractivity contribution is 6.28. The highest BCUT2D eigenvalue weighted by atomic mass is 16.2. The summed E-state index contributed by atoms with van der Waals surface area (Å²) in [6, 6.07) is 3.63. The predicted molar refractivity (Wildman–Crippen MR) is 99.8 cm³/mol. The molecule has 1 aliphatic rings. The van der Waals surface area contributed by atoms with Crippen LogP contribution in [0, 0.1) is 42.9 Å². The standard InChI is InChI=1S/C22H30O3/c1-12-10-11-15(14(3)13(12)2)17(23)16-18(24)20(4,5)22(8,9)21(6,7)19(16)25/h10-11,16H,1-9H3. The molecule has 1 aliphatic carbocycles. The zero-order valence-electron chi connectivity index (χ0n) is 17.0. The Bertz CT molecular complexity index is 749. The third-order valence-electron chi connectivity index (χ3n) is 7.47. The fraction of sp³-hybridized carbons (Fsp3) is 0.591. The van der Waals surface area contributed by atoms with Crippen molar-refractivity contribution >= 4 is 17.3 Å². The van der Waals surface area contributed by atoms with Crippen LogP contribution in [0.4, 0.5) is 0 Å². The molecule has 0 atom stereocenters. The number of aryl methyl sites for hydroxylation is 1. The summed E-state index contributed by atoms with van der Waals surface area (Å²) in [4.78, 5) is 39.6. The Kier molecular flexibility index (Phi) is 4.39. The molecule has 0 N–H and O–H groups in total. The van der Waals surface area contributed by atoms with E-state index < -0.39 is 22.2 Å². The molecule has 0 saturated heterocycles. The number of ketones is 3. The van der Waals surface area contributed by atoms with Crippen molar-refractivity contribution in [2.24, 2.45) is 22.2 Å². The minimum Gasteiger partial charge on any atom is -0.298 e. The van der Waals surface area contributed by atoms with Crippen LogP contribution in [0.2, 0.25) is 0 Å². The summed E-state index contributed by atoms with van der Waals surface area (Å²) in [5.74, 6) is -2.08. The van der Waals surface area contributed by atoms with Crippen molar-refractivity contribution in [3.63, 3.8) is 0 Å². The Morgan fingerprint density at radius 3 is 1.68 bits per heavy atom. The van der Waals surface area contributed by atoms with Gasteiger partial charge in [-0.2, -0.15) is 0 Å². The molecule has 1 fully saturated rings. The summed E-state index contributed by atoms with van der Waals surface area (Å²) < 4.78 is 0. The van der Waals surface area contributed by atoms with E-state index in [0.29, 0.717) is 5.56 Å². The van der Waals surface area contributed by atoms with Gasteiger partial charge in [-0.05, 0) is 42.9 Å². The first kappa shape index (κ1) is 19.6. The first-order chi connectivity index (χ1) is 11.2. The van der Waals surface area contributed by atoms with Gasteiger partial charge >= 0.3 is 0 Å². The summed E-state index contributed by atoms with van der Waals surface area (Å²) in [6.07, 6.45) is 0. The molecule has 25 heavy (non-hydrogen) atoms. The lowest BCUT2D eigenvalue weighted by atomic mass is 9.45. The Balaban J connectivity index is 2.63. The topological polar surface area (TPSA) is 51.2 Å². The van der Waals surface area contributed by atoms with Crippen molar-refractivity contribution in [1.29, 1.82) is 0 Å². The van der Waals surface area contributed by atoms with E-state index in [1.165, 1.54) is 0 Å². The molecule has 1 aromatic rings. The number of Topliss-reactive ketones (excluding diaryl/α,β-unsaturated/α-hetero) is 3. The Morgan fingerprint density at radius 2 is 1.24 bits per heavy atom. The van der Waals surface area contributed by atoms with Crippen molar-refractivity contribution in [3.8, 4) is 0 Å². The molecule has 136 valence electrons. The number of hydrogen-bond acceptors (Lipinski definition) is 3. The van der Waals surface area contributed by atoms with E-state index >= 15 is 0 Å². The second-order valence-corrected chi connectivity index (χ2v) is 9.08. The molecule has 2 rings (SSSR count). The number of hydrogen-bond donors (Lipinski definition) is 0. The number of benzene rings is 1. The van der Waals surface area contributed by atoms with Crippen LogP contribution in [0.3, 0.4) is 0 Å². The third kappa shape index (κ3) is 2.43. The third-order valence-corrected chi connectivity index (χ3v) is 7.47. The van der Waals surface area contributed by atoms with Crippen molar-refractivity contribution in [2.75, 3.05) is 0 Å². The Morgan fingerprint density at radius 1 is 0.800 bits per heavy atom. The lowest BCUT2D eigenvalue weighted by Gasteiger charge is -2.55. The Hall–Kier alpha value is -1.77. The van der Waals surface area contributed by atoms with E-state index in [-0.39, 0.29) is 17.3 Å². The normalized spacial score (nSPS) is 22.1. The van der Waals surface area contributed by atoms with Crippen LogP contribution in [0.5, 0.6) is 0 Å². The number of carbonyl (C=O) groups excluding carboxylic acids is 3. The van der Waals surface area contributed by atoms with Crippen LogP contribution in [0.1, 0.15) is 68.6 Å². The van der Waals surface area contributed by atoms with Crippen LogP contribution >= 0.6 is 0 Å². The molecule has 1 saturated carbocycles. The van der Waals surface area contributed by atoms with Crippen LogP contribution in [-0.4, -0.2) is 17.3 Å². The average molecular weight is 342 g/mol. The molecule has 0 heterocycles. The Labute approximate surface area is 151 Å². The maximum atomic E-state index is 13.2. The molecule has 0 radical (unpaired) electrons. The summed E-state index contributed by atoms with van der Waals surface area (Å²) in [7, 11) is 0. The molecule has 0 aliphatic heterocycles. The molecule has 0 spiro atoms. The predicted octanol–water partition coefficient (Wildman–Crippen LogP) is 4.64. The van der Waals surface area contributed by atoms with Crippen LogP contribution in [0.25, 0.3) is 0 Å². The van der Waals surface area contributed by atoms with Gasteiger partial charge in [0.15, 0.2) is 17.3 Å². The maximum absolute atomic E-state index is 13.2. The van der Waals surface area contributed by atoms with E-state index in [9.17, 15) is 14.4 Å². The molecule has 0 unspecified atom stereocenters. The van der Waals surface area contributed by atoms with Gasteiger partial charge in [0, 0.05) is 16.4 Å². The molecule has 3 nitrogen and oxygen atoms in total. The van der Waals surface area contributed by atoms with Gasteiger partial charge < -0.3 is 0 Å². The van der Waals surface area contributed by atoms with Gasteiger partial charge in [0.05, 0.1) is 0 Å².